The van der Waals surface area contributed by atoms with E-state index >= 15 is 0 Å². The Bertz CT molecular complexity index is 588. The van der Waals surface area contributed by atoms with Crippen LogP contribution in [-0.2, 0) is 10.0 Å². The van der Waals surface area contributed by atoms with Crippen molar-refractivity contribution in [1.82, 2.24) is 9.62 Å². The molecule has 2 rings (SSSR count). The molecule has 1 aromatic rings. The van der Waals surface area contributed by atoms with Crippen LogP contribution in [0.25, 0.3) is 0 Å². The van der Waals surface area contributed by atoms with Crippen molar-refractivity contribution in [2.45, 2.75) is 23.8 Å². The quantitative estimate of drug-likeness (QED) is 0.840. The maximum atomic E-state index is 12.1. The Labute approximate surface area is 113 Å². The second-order valence-corrected chi connectivity index (χ2v) is 6.45. The van der Waals surface area contributed by atoms with E-state index in [2.05, 4.69) is 9.62 Å². The zero-order valence-electron chi connectivity index (χ0n) is 10.8. The van der Waals surface area contributed by atoms with Crippen LogP contribution in [0, 0.1) is 11.3 Å². The van der Waals surface area contributed by atoms with Crippen molar-refractivity contribution in [3.8, 4) is 6.07 Å². The Balaban J connectivity index is 1.99. The van der Waals surface area contributed by atoms with Gasteiger partial charge in [0.2, 0.25) is 10.0 Å². The second kappa shape index (κ2) is 5.70. The summed E-state index contributed by atoms with van der Waals surface area (Å²) in [6.07, 6.45) is 2.39. The van der Waals surface area contributed by atoms with Crippen LogP contribution in [-0.4, -0.2) is 39.5 Å². The molecule has 19 heavy (non-hydrogen) atoms. The summed E-state index contributed by atoms with van der Waals surface area (Å²) in [5, 5.41) is 8.93. The first-order chi connectivity index (χ1) is 9.04. The van der Waals surface area contributed by atoms with E-state index in [4.69, 9.17) is 5.26 Å². The van der Waals surface area contributed by atoms with Gasteiger partial charge < -0.3 is 4.90 Å². The summed E-state index contributed by atoms with van der Waals surface area (Å²) in [5.74, 6) is 0. The number of nitriles is 1. The molecule has 102 valence electrons. The molecule has 1 N–H and O–H groups in total. The van der Waals surface area contributed by atoms with E-state index in [1.165, 1.54) is 25.0 Å². The van der Waals surface area contributed by atoms with E-state index in [1.54, 1.807) is 12.1 Å². The Hall–Kier alpha value is -1.42. The van der Waals surface area contributed by atoms with Crippen molar-refractivity contribution in [3.63, 3.8) is 0 Å². The maximum Gasteiger partial charge on any atom is 0.241 e. The Morgan fingerprint density at radius 3 is 2.74 bits per heavy atom. The minimum absolute atomic E-state index is 0.0478. The molecule has 0 bridgehead atoms. The minimum Gasteiger partial charge on any atom is -0.302 e. The minimum atomic E-state index is -3.60. The molecule has 1 aliphatic carbocycles. The fourth-order valence-corrected chi connectivity index (χ4v) is 3.10. The fourth-order valence-electron chi connectivity index (χ4n) is 1.93. The van der Waals surface area contributed by atoms with Crippen molar-refractivity contribution < 1.29 is 8.42 Å². The zero-order valence-corrected chi connectivity index (χ0v) is 11.7. The van der Waals surface area contributed by atoms with Crippen LogP contribution in [0.2, 0.25) is 0 Å². The van der Waals surface area contributed by atoms with Crippen LogP contribution in [0.1, 0.15) is 18.4 Å². The normalized spacial score (nSPS) is 15.4. The Morgan fingerprint density at radius 2 is 2.11 bits per heavy atom. The van der Waals surface area contributed by atoms with E-state index < -0.39 is 10.0 Å². The maximum absolute atomic E-state index is 12.1. The molecule has 1 aromatic carbocycles. The highest BCUT2D eigenvalue weighted by molar-refractivity contribution is 7.89. The molecule has 0 aromatic heterocycles. The van der Waals surface area contributed by atoms with E-state index in [9.17, 15) is 8.42 Å². The third-order valence-corrected chi connectivity index (χ3v) is 4.74. The molecule has 0 spiro atoms. The molecule has 0 heterocycles. The number of benzene rings is 1. The van der Waals surface area contributed by atoms with Crippen LogP contribution < -0.4 is 4.72 Å². The largest absolute Gasteiger partial charge is 0.302 e. The second-order valence-electron chi connectivity index (χ2n) is 4.72. The van der Waals surface area contributed by atoms with Gasteiger partial charge in [-0.25, -0.2) is 13.1 Å². The van der Waals surface area contributed by atoms with Gasteiger partial charge in [0.25, 0.3) is 0 Å². The van der Waals surface area contributed by atoms with Gasteiger partial charge in [0.15, 0.2) is 0 Å². The van der Waals surface area contributed by atoms with Crippen LogP contribution >= 0.6 is 0 Å². The van der Waals surface area contributed by atoms with Crippen LogP contribution in [0.5, 0.6) is 0 Å². The van der Waals surface area contributed by atoms with E-state index in [0.29, 0.717) is 19.1 Å². The Morgan fingerprint density at radius 1 is 1.42 bits per heavy atom. The van der Waals surface area contributed by atoms with Crippen LogP contribution in [0.15, 0.2) is 29.2 Å². The highest BCUT2D eigenvalue weighted by Gasteiger charge is 2.26. The molecule has 0 aliphatic heterocycles. The van der Waals surface area contributed by atoms with Crippen LogP contribution in [0.4, 0.5) is 0 Å². The van der Waals surface area contributed by atoms with Gasteiger partial charge in [0.05, 0.1) is 10.5 Å². The van der Waals surface area contributed by atoms with Gasteiger partial charge in [0.1, 0.15) is 6.07 Å². The van der Waals surface area contributed by atoms with Crippen molar-refractivity contribution in [2.24, 2.45) is 0 Å². The molecule has 1 aliphatic rings. The lowest BCUT2D eigenvalue weighted by molar-refractivity contribution is 0.329. The van der Waals surface area contributed by atoms with Crippen molar-refractivity contribution in [2.75, 3.05) is 20.1 Å². The summed E-state index contributed by atoms with van der Waals surface area (Å²) in [7, 11) is -1.61. The number of sulfonamides is 1. The van der Waals surface area contributed by atoms with Gasteiger partial charge in [0, 0.05) is 19.1 Å². The number of hydrogen-bond donors (Lipinski definition) is 1. The standard InChI is InChI=1S/C13H17N3O2S/c1-16(12-6-7-12)9-8-15-19(17,18)13-5-3-2-4-11(13)10-14/h2-5,12,15H,6-9H2,1H3. The molecular formula is C13H17N3O2S. The lowest BCUT2D eigenvalue weighted by Crippen LogP contribution is -2.34. The summed E-state index contributed by atoms with van der Waals surface area (Å²) >= 11 is 0. The highest BCUT2D eigenvalue weighted by Crippen LogP contribution is 2.24. The molecule has 6 heteroatoms. The summed E-state index contributed by atoms with van der Waals surface area (Å²) in [6, 6.07) is 8.73. The first-order valence-electron chi connectivity index (χ1n) is 6.23. The average Bonchev–Trinajstić information content (AvgIpc) is 3.22. The molecule has 0 atom stereocenters. The van der Waals surface area contributed by atoms with Gasteiger partial charge in [-0.2, -0.15) is 5.26 Å². The van der Waals surface area contributed by atoms with E-state index in [0.717, 1.165) is 0 Å². The number of nitrogens with zero attached hydrogens (tertiary/aromatic N) is 2. The van der Waals surface area contributed by atoms with Crippen LogP contribution in [0.3, 0.4) is 0 Å². The molecule has 0 amide bonds. The monoisotopic (exact) mass is 279 g/mol. The predicted octanol–water partition coefficient (Wildman–Crippen LogP) is 0.931. The first-order valence-corrected chi connectivity index (χ1v) is 7.72. The van der Waals surface area contributed by atoms with Crippen molar-refractivity contribution in [3.05, 3.63) is 29.8 Å². The number of nitrogens with one attached hydrogen (secondary N) is 1. The lowest BCUT2D eigenvalue weighted by Gasteiger charge is -2.16. The van der Waals surface area contributed by atoms with Crippen molar-refractivity contribution in [1.29, 1.82) is 5.26 Å². The summed E-state index contributed by atoms with van der Waals surface area (Å²) in [5.41, 5.74) is 0.172. The number of hydrogen-bond acceptors (Lipinski definition) is 4. The smallest absolute Gasteiger partial charge is 0.241 e. The Kier molecular flexibility index (Phi) is 4.20. The molecule has 0 radical (unpaired) electrons. The van der Waals surface area contributed by atoms with Crippen molar-refractivity contribution >= 4 is 10.0 Å². The molecule has 1 fully saturated rings. The summed E-state index contributed by atoms with van der Waals surface area (Å²) in [6.45, 7) is 1.04. The molecule has 1 saturated carbocycles. The number of rotatable bonds is 6. The predicted molar refractivity (Wildman–Crippen MR) is 72.0 cm³/mol. The first kappa shape index (κ1) is 14.0. The zero-order chi connectivity index (χ0) is 13.9. The van der Waals surface area contributed by atoms with Gasteiger partial charge in [-0.3, -0.25) is 0 Å². The average molecular weight is 279 g/mol. The van der Waals surface area contributed by atoms with Gasteiger partial charge >= 0.3 is 0 Å². The summed E-state index contributed by atoms with van der Waals surface area (Å²) in [4.78, 5) is 2.20. The van der Waals surface area contributed by atoms with Gasteiger partial charge in [-0.15, -0.1) is 0 Å². The van der Waals surface area contributed by atoms with Gasteiger partial charge in [-0.1, -0.05) is 12.1 Å². The lowest BCUT2D eigenvalue weighted by atomic mass is 10.2. The third kappa shape index (κ3) is 3.53. The fraction of sp³-hybridized carbons (Fsp3) is 0.462. The molecular weight excluding hydrogens is 262 g/mol. The highest BCUT2D eigenvalue weighted by atomic mass is 32.2. The SMILES string of the molecule is CN(CCNS(=O)(=O)c1ccccc1C#N)C1CC1. The molecule has 0 unspecified atom stereocenters. The summed E-state index contributed by atoms with van der Waals surface area (Å²) < 4.78 is 26.7. The topological polar surface area (TPSA) is 73.2 Å². The molecule has 5 nitrogen and oxygen atoms in total. The van der Waals surface area contributed by atoms with Gasteiger partial charge in [-0.05, 0) is 32.0 Å². The van der Waals surface area contributed by atoms with E-state index in [1.807, 2.05) is 13.1 Å². The molecule has 0 saturated heterocycles. The van der Waals surface area contributed by atoms with E-state index in [-0.39, 0.29) is 10.5 Å². The number of likely N-dealkylation sites (N-methyl/N-ethyl adjacent to an activating group) is 1. The third-order valence-electron chi connectivity index (χ3n) is 3.22.